The average molecular weight is 1300 g/mol. The second kappa shape index (κ2) is 58.8. The van der Waals surface area contributed by atoms with Crippen LogP contribution in [0.5, 0.6) is 0 Å². The van der Waals surface area contributed by atoms with Gasteiger partial charge in [0.1, 0.15) is 19.3 Å². The van der Waals surface area contributed by atoms with E-state index >= 15 is 0 Å². The van der Waals surface area contributed by atoms with Crippen LogP contribution < -0.4 is 0 Å². The monoisotopic (exact) mass is 1300 g/mol. The molecule has 0 bridgehead atoms. The van der Waals surface area contributed by atoms with E-state index in [1.807, 2.05) is 0 Å². The zero-order chi connectivity index (χ0) is 65.4. The smallest absolute Gasteiger partial charge is 0.462 e. The van der Waals surface area contributed by atoms with E-state index in [-0.39, 0.29) is 25.7 Å². The topological polar surface area (TPSA) is 237 Å². The zero-order valence-corrected chi connectivity index (χ0v) is 59.1. The Balaban J connectivity index is 5.25. The van der Waals surface area contributed by atoms with Gasteiger partial charge in [0, 0.05) is 25.7 Å². The van der Waals surface area contributed by atoms with Crippen LogP contribution in [0.2, 0.25) is 0 Å². The third kappa shape index (κ3) is 61.6. The molecule has 522 valence electrons. The SMILES string of the molecule is CCC(C)CCCCCCCCCCC(=O)OC[C@H](COP(=O)(O)OC[C@@H](O)COP(=O)(O)OC[C@@H](COC(=O)CCCCCCCCC(C)C)OC(=O)CCCCCCCCCCC(C)C)OC(=O)CCCCCCCCCCCCCCCC(C)C. The normalized spacial score (nSPS) is 14.6. The van der Waals surface area contributed by atoms with Crippen molar-refractivity contribution in [3.8, 4) is 0 Å². The first-order valence-corrected chi connectivity index (χ1v) is 38.7. The number of rotatable bonds is 66. The van der Waals surface area contributed by atoms with Crippen LogP contribution in [0.4, 0.5) is 0 Å². The molecule has 17 nitrogen and oxygen atoms in total. The highest BCUT2D eigenvalue weighted by atomic mass is 31.2. The van der Waals surface area contributed by atoms with Gasteiger partial charge in [-0.3, -0.25) is 37.3 Å². The summed E-state index contributed by atoms with van der Waals surface area (Å²) in [5, 5.41) is 10.6. The number of carbonyl (C=O) groups excluding carboxylic acids is 4. The molecule has 0 amide bonds. The van der Waals surface area contributed by atoms with Gasteiger partial charge in [-0.1, -0.05) is 287 Å². The molecule has 0 aromatic rings. The van der Waals surface area contributed by atoms with E-state index in [0.717, 1.165) is 114 Å². The fraction of sp³-hybridized carbons (Fsp3) is 0.942. The molecule has 3 N–H and O–H groups in total. The lowest BCUT2D eigenvalue weighted by Gasteiger charge is -2.21. The largest absolute Gasteiger partial charge is 0.472 e. The van der Waals surface area contributed by atoms with Gasteiger partial charge in [0.25, 0.3) is 0 Å². The van der Waals surface area contributed by atoms with Crippen LogP contribution in [0.25, 0.3) is 0 Å². The summed E-state index contributed by atoms with van der Waals surface area (Å²) in [6.45, 7) is 14.0. The van der Waals surface area contributed by atoms with E-state index in [2.05, 4.69) is 55.4 Å². The minimum Gasteiger partial charge on any atom is -0.462 e. The summed E-state index contributed by atoms with van der Waals surface area (Å²) < 4.78 is 68.2. The summed E-state index contributed by atoms with van der Waals surface area (Å²) in [5.74, 6) is 0.828. The lowest BCUT2D eigenvalue weighted by Crippen LogP contribution is -2.30. The minimum absolute atomic E-state index is 0.103. The van der Waals surface area contributed by atoms with Crippen LogP contribution in [0, 0.1) is 23.7 Å². The molecule has 0 aliphatic heterocycles. The first-order chi connectivity index (χ1) is 42.1. The van der Waals surface area contributed by atoms with Gasteiger partial charge in [-0.25, -0.2) is 9.13 Å². The van der Waals surface area contributed by atoms with Crippen molar-refractivity contribution in [1.82, 2.24) is 0 Å². The Hall–Kier alpha value is -1.94. The first-order valence-electron chi connectivity index (χ1n) is 35.7. The van der Waals surface area contributed by atoms with Gasteiger partial charge >= 0.3 is 39.5 Å². The summed E-state index contributed by atoms with van der Waals surface area (Å²) in [7, 11) is -9.90. The third-order valence-corrected chi connectivity index (χ3v) is 18.1. The Kier molecular flexibility index (Phi) is 57.6. The highest BCUT2D eigenvalue weighted by Crippen LogP contribution is 2.45. The van der Waals surface area contributed by atoms with Crippen molar-refractivity contribution in [3.05, 3.63) is 0 Å². The molecule has 88 heavy (non-hydrogen) atoms. The van der Waals surface area contributed by atoms with E-state index in [4.69, 9.17) is 37.0 Å². The fourth-order valence-corrected chi connectivity index (χ4v) is 11.9. The summed E-state index contributed by atoms with van der Waals surface area (Å²) in [5.41, 5.74) is 0. The quantitative estimate of drug-likeness (QED) is 0.0222. The van der Waals surface area contributed by atoms with E-state index in [1.165, 1.54) is 135 Å². The summed E-state index contributed by atoms with van der Waals surface area (Å²) in [4.78, 5) is 72.4. The molecular formula is C69H134O17P2. The maximum atomic E-state index is 13.0. The Bertz CT molecular complexity index is 1750. The fourth-order valence-electron chi connectivity index (χ4n) is 10.3. The lowest BCUT2D eigenvalue weighted by molar-refractivity contribution is -0.161. The molecule has 0 fully saturated rings. The highest BCUT2D eigenvalue weighted by molar-refractivity contribution is 7.47. The molecule has 0 radical (unpaired) electrons. The van der Waals surface area contributed by atoms with Crippen LogP contribution in [0.15, 0.2) is 0 Å². The summed E-state index contributed by atoms with van der Waals surface area (Å²) in [6, 6.07) is 0. The molecule has 0 aliphatic rings. The molecule has 0 saturated heterocycles. The Morgan fingerprint density at radius 2 is 0.545 bits per heavy atom. The van der Waals surface area contributed by atoms with Gasteiger partial charge < -0.3 is 33.8 Å². The van der Waals surface area contributed by atoms with Crippen LogP contribution in [-0.4, -0.2) is 96.7 Å². The van der Waals surface area contributed by atoms with E-state index in [0.29, 0.717) is 31.6 Å². The van der Waals surface area contributed by atoms with Crippen molar-refractivity contribution in [2.24, 2.45) is 23.7 Å². The molecule has 0 aromatic carbocycles. The van der Waals surface area contributed by atoms with Crippen molar-refractivity contribution in [2.45, 2.75) is 356 Å². The maximum Gasteiger partial charge on any atom is 0.472 e. The number of phosphoric ester groups is 2. The van der Waals surface area contributed by atoms with Gasteiger partial charge in [-0.15, -0.1) is 0 Å². The summed E-state index contributed by atoms with van der Waals surface area (Å²) in [6.07, 6.45) is 40.4. The van der Waals surface area contributed by atoms with Gasteiger partial charge in [0.2, 0.25) is 0 Å². The average Bonchev–Trinajstić information content (AvgIpc) is 3.70. The number of esters is 4. The summed E-state index contributed by atoms with van der Waals surface area (Å²) >= 11 is 0. The standard InChI is InChI=1S/C69H134O17P2/c1-9-62(8)48-40-32-23-18-20-24-33-41-49-66(71)79-55-64(85-68(73)51-43-35-25-16-14-12-10-11-13-15-21-29-37-45-59(2)3)57-83-87(75,76)81-53-63(70)54-82-88(77,78)84-58-65(56-80-67(72)50-42-34-28-27-31-39-47-61(6)7)86-69(74)52-44-36-26-19-17-22-30-38-46-60(4)5/h59-65,70H,9-58H2,1-8H3,(H,75,76)(H,77,78)/t62?,63-,64-,65-/m1/s1. The molecule has 19 heteroatoms. The molecule has 0 rings (SSSR count). The minimum atomic E-state index is -4.95. The molecule has 0 heterocycles. The van der Waals surface area contributed by atoms with Crippen LogP contribution >= 0.6 is 15.6 Å². The van der Waals surface area contributed by atoms with Crippen molar-refractivity contribution >= 4 is 39.5 Å². The Morgan fingerprint density at radius 1 is 0.318 bits per heavy atom. The van der Waals surface area contributed by atoms with Gasteiger partial charge in [-0.2, -0.15) is 0 Å². The van der Waals surface area contributed by atoms with Gasteiger partial charge in [0.15, 0.2) is 12.2 Å². The Morgan fingerprint density at radius 3 is 0.807 bits per heavy atom. The molecular weight excluding hydrogens is 1160 g/mol. The number of phosphoric acid groups is 2. The number of ether oxygens (including phenoxy) is 4. The van der Waals surface area contributed by atoms with Crippen molar-refractivity contribution in [3.63, 3.8) is 0 Å². The lowest BCUT2D eigenvalue weighted by atomic mass is 9.99. The van der Waals surface area contributed by atoms with Crippen molar-refractivity contribution in [2.75, 3.05) is 39.6 Å². The number of carbonyl (C=O) groups is 4. The van der Waals surface area contributed by atoms with E-state index in [1.54, 1.807) is 0 Å². The van der Waals surface area contributed by atoms with Gasteiger partial charge in [0.05, 0.1) is 26.4 Å². The third-order valence-electron chi connectivity index (χ3n) is 16.2. The number of hydrogen-bond acceptors (Lipinski definition) is 15. The molecule has 6 atom stereocenters. The second-order valence-corrected chi connectivity index (χ2v) is 29.5. The van der Waals surface area contributed by atoms with Crippen molar-refractivity contribution < 1.29 is 80.2 Å². The zero-order valence-electron chi connectivity index (χ0n) is 57.3. The number of aliphatic hydroxyl groups is 1. The molecule has 0 aromatic heterocycles. The number of hydrogen-bond donors (Lipinski definition) is 3. The van der Waals surface area contributed by atoms with E-state index < -0.39 is 97.5 Å². The molecule has 3 unspecified atom stereocenters. The maximum absolute atomic E-state index is 13.0. The van der Waals surface area contributed by atoms with Crippen molar-refractivity contribution in [1.29, 1.82) is 0 Å². The van der Waals surface area contributed by atoms with Crippen LogP contribution in [0.3, 0.4) is 0 Å². The van der Waals surface area contributed by atoms with Gasteiger partial charge in [-0.05, 0) is 49.4 Å². The van der Waals surface area contributed by atoms with Crippen LogP contribution in [0.1, 0.15) is 338 Å². The Labute approximate surface area is 537 Å². The molecule has 0 aliphatic carbocycles. The number of aliphatic hydroxyl groups excluding tert-OH is 1. The highest BCUT2D eigenvalue weighted by Gasteiger charge is 2.30. The molecule has 0 spiro atoms. The predicted octanol–water partition coefficient (Wildman–Crippen LogP) is 19.3. The number of unbranched alkanes of at least 4 members (excludes halogenated alkanes) is 31. The van der Waals surface area contributed by atoms with Crippen LogP contribution in [-0.2, 0) is 65.4 Å². The predicted molar refractivity (Wildman–Crippen MR) is 354 cm³/mol. The first kappa shape index (κ1) is 86.1. The second-order valence-electron chi connectivity index (χ2n) is 26.6. The van der Waals surface area contributed by atoms with E-state index in [9.17, 15) is 43.2 Å². The molecule has 0 saturated carbocycles.